The lowest BCUT2D eigenvalue weighted by molar-refractivity contribution is -1.09. The summed E-state index contributed by atoms with van der Waals surface area (Å²) in [6.45, 7) is 8.48. The van der Waals surface area contributed by atoms with Crippen LogP contribution in [-0.2, 0) is 9.63 Å². The summed E-state index contributed by atoms with van der Waals surface area (Å²) in [5, 5.41) is 9.26. The monoisotopic (exact) mass is 415 g/mol. The highest BCUT2D eigenvalue weighted by Crippen LogP contribution is 2.14. The van der Waals surface area contributed by atoms with Gasteiger partial charge in [-0.15, -0.1) is 0 Å². The third-order valence-corrected chi connectivity index (χ3v) is 5.70. The smallest absolute Gasteiger partial charge is 0.109 e. The lowest BCUT2D eigenvalue weighted by atomic mass is 10.1. The second kappa shape index (κ2) is 23.7. The fourth-order valence-electron chi connectivity index (χ4n) is 3.45. The number of carbonyl (C=O) groups is 1. The summed E-state index contributed by atoms with van der Waals surface area (Å²) in [4.78, 5) is 15.1. The van der Waals surface area contributed by atoms with E-state index in [0.29, 0.717) is 0 Å². The van der Waals surface area contributed by atoms with E-state index in [-0.39, 0.29) is 6.42 Å². The van der Waals surface area contributed by atoms with Gasteiger partial charge in [-0.05, 0) is 32.1 Å². The first-order valence-electron chi connectivity index (χ1n) is 12.6. The Labute approximate surface area is 182 Å². The van der Waals surface area contributed by atoms with Crippen LogP contribution in [0, 0.1) is 0 Å². The molecule has 0 heterocycles. The number of hydrogen-bond donors (Lipinski definition) is 0. The summed E-state index contributed by atoms with van der Waals surface area (Å²) >= 11 is 0. The highest BCUT2D eigenvalue weighted by molar-refractivity contribution is 5.63. The van der Waals surface area contributed by atoms with Crippen molar-refractivity contribution in [3.63, 3.8) is 0 Å². The summed E-state index contributed by atoms with van der Waals surface area (Å²) < 4.78 is 0.811. The Morgan fingerprint density at radius 3 is 1.17 bits per heavy atom. The Morgan fingerprint density at radius 2 is 0.931 bits per heavy atom. The van der Waals surface area contributed by atoms with E-state index in [1.807, 2.05) is 7.11 Å². The molecular weight excluding hydrogens is 362 g/mol. The van der Waals surface area contributed by atoms with Crippen LogP contribution in [0.1, 0.15) is 130 Å². The molecule has 0 radical (unpaired) electrons. The molecule has 4 nitrogen and oxygen atoms in total. The largest absolute Gasteiger partial charge is 0.550 e. The van der Waals surface area contributed by atoms with Crippen molar-refractivity contribution in [3.8, 4) is 0 Å². The molecule has 0 N–H and O–H groups in total. The minimum Gasteiger partial charge on any atom is -0.550 e. The van der Waals surface area contributed by atoms with Crippen molar-refractivity contribution in [2.24, 2.45) is 0 Å². The molecule has 0 amide bonds. The van der Waals surface area contributed by atoms with Crippen molar-refractivity contribution in [2.75, 3.05) is 27.2 Å². The number of nitrogens with zero attached hydrogens (tertiary/aromatic N) is 1. The first kappa shape index (κ1) is 30.6. The van der Waals surface area contributed by atoms with E-state index in [0.717, 1.165) is 4.65 Å². The molecule has 0 aromatic carbocycles. The average Bonchev–Trinajstić information content (AvgIpc) is 2.72. The number of hydroxylamine groups is 3. The number of carboxylic acids is 1. The van der Waals surface area contributed by atoms with Crippen molar-refractivity contribution in [3.05, 3.63) is 0 Å². The quantitative estimate of drug-likeness (QED) is 0.131. The number of rotatable bonds is 20. The molecule has 0 unspecified atom stereocenters. The zero-order chi connectivity index (χ0) is 22.2. The summed E-state index contributed by atoms with van der Waals surface area (Å²) in [5.41, 5.74) is 0. The fraction of sp³-hybridized carbons (Fsp3) is 0.960. The lowest BCUT2D eigenvalue weighted by Gasteiger charge is -2.30. The van der Waals surface area contributed by atoms with Gasteiger partial charge in [0.1, 0.15) is 13.1 Å². The van der Waals surface area contributed by atoms with Crippen LogP contribution in [0.25, 0.3) is 0 Å². The third kappa shape index (κ3) is 25.4. The second-order valence-electron chi connectivity index (χ2n) is 8.60. The molecule has 0 spiro atoms. The van der Waals surface area contributed by atoms with Crippen LogP contribution >= 0.6 is 0 Å². The van der Waals surface area contributed by atoms with E-state index in [9.17, 15) is 9.90 Å². The maximum absolute atomic E-state index is 9.26. The van der Waals surface area contributed by atoms with Crippen LogP contribution in [0.2, 0.25) is 0 Å². The van der Waals surface area contributed by atoms with Gasteiger partial charge in [0.2, 0.25) is 0 Å². The molecule has 0 saturated carbocycles. The van der Waals surface area contributed by atoms with Crippen molar-refractivity contribution in [1.82, 2.24) is 0 Å². The number of carboxylic acid groups (broad SMARTS) is 1. The fourth-order valence-corrected chi connectivity index (χ4v) is 3.45. The predicted molar refractivity (Wildman–Crippen MR) is 123 cm³/mol. The van der Waals surface area contributed by atoms with Gasteiger partial charge < -0.3 is 9.90 Å². The molecule has 4 heteroatoms. The van der Waals surface area contributed by atoms with Gasteiger partial charge in [0.15, 0.2) is 0 Å². The van der Waals surface area contributed by atoms with Crippen molar-refractivity contribution in [1.29, 1.82) is 0 Å². The van der Waals surface area contributed by atoms with Gasteiger partial charge in [-0.2, -0.15) is 4.65 Å². The Kier molecular flexibility index (Phi) is 25.0. The molecule has 0 aromatic rings. The predicted octanol–water partition coefficient (Wildman–Crippen LogP) is 6.42. The molecule has 0 fully saturated rings. The molecule has 0 aliphatic carbocycles. The Bertz CT molecular complexity index is 314. The van der Waals surface area contributed by atoms with Crippen LogP contribution in [0.4, 0.5) is 0 Å². The summed E-state index contributed by atoms with van der Waals surface area (Å²) in [5.74, 6) is -0.995. The maximum Gasteiger partial charge on any atom is 0.109 e. The minimum absolute atomic E-state index is 0.111. The van der Waals surface area contributed by atoms with Crippen LogP contribution < -0.4 is 5.11 Å². The first-order chi connectivity index (χ1) is 14.0. The van der Waals surface area contributed by atoms with E-state index in [1.54, 1.807) is 0 Å². The van der Waals surface area contributed by atoms with Gasteiger partial charge in [0.25, 0.3) is 0 Å². The van der Waals surface area contributed by atoms with Gasteiger partial charge in [0.05, 0.1) is 14.2 Å². The zero-order valence-corrected chi connectivity index (χ0v) is 20.6. The molecule has 0 atom stereocenters. The number of aliphatic carboxylic acids is 1. The lowest BCUT2D eigenvalue weighted by Crippen LogP contribution is -2.44. The molecule has 29 heavy (non-hydrogen) atoms. The van der Waals surface area contributed by atoms with E-state index in [4.69, 9.17) is 4.84 Å². The maximum atomic E-state index is 9.26. The molecule has 0 saturated heterocycles. The summed E-state index contributed by atoms with van der Waals surface area (Å²) in [6, 6.07) is 0. The molecule has 0 aliphatic rings. The molecule has 0 aliphatic heterocycles. The molecule has 0 rings (SSSR count). The Balaban J connectivity index is 0. The number of quaternary nitrogens is 1. The summed E-state index contributed by atoms with van der Waals surface area (Å²) in [7, 11) is 4.15. The van der Waals surface area contributed by atoms with Gasteiger partial charge in [0, 0.05) is 5.97 Å². The van der Waals surface area contributed by atoms with E-state index < -0.39 is 5.97 Å². The van der Waals surface area contributed by atoms with Crippen LogP contribution in [0.3, 0.4) is 0 Å². The number of unbranched alkanes of at least 4 members (excludes halogenated alkanes) is 14. The van der Waals surface area contributed by atoms with Crippen molar-refractivity contribution >= 4 is 5.97 Å². The van der Waals surface area contributed by atoms with Gasteiger partial charge in [-0.25, -0.2) is 4.84 Å². The van der Waals surface area contributed by atoms with E-state index in [1.165, 1.54) is 123 Å². The third-order valence-electron chi connectivity index (χ3n) is 5.70. The number of carbonyl (C=O) groups excluding carboxylic acids is 1. The van der Waals surface area contributed by atoms with Gasteiger partial charge in [-0.1, -0.05) is 97.8 Å². The molecule has 0 aromatic heterocycles. The van der Waals surface area contributed by atoms with E-state index in [2.05, 4.69) is 20.9 Å². The topological polar surface area (TPSA) is 49.4 Å². The average molecular weight is 416 g/mol. The second-order valence-corrected chi connectivity index (χ2v) is 8.60. The first-order valence-corrected chi connectivity index (χ1v) is 12.6. The minimum atomic E-state index is -0.995. The normalized spacial score (nSPS) is 11.2. The molecule has 176 valence electrons. The van der Waals surface area contributed by atoms with Crippen molar-refractivity contribution in [2.45, 2.75) is 130 Å². The van der Waals surface area contributed by atoms with Crippen molar-refractivity contribution < 1.29 is 19.4 Å². The van der Waals surface area contributed by atoms with E-state index >= 15 is 0 Å². The highest BCUT2D eigenvalue weighted by Gasteiger charge is 2.20. The van der Waals surface area contributed by atoms with Gasteiger partial charge >= 0.3 is 0 Å². The SMILES string of the molecule is CCC(=O)[O-].CCCCCCCCCC[N+](C)(CCCCCCCCCC)OC. The molecule has 0 bridgehead atoms. The highest BCUT2D eigenvalue weighted by atomic mass is 16.7. The summed E-state index contributed by atoms with van der Waals surface area (Å²) in [6.07, 6.45) is 22.4. The standard InChI is InChI=1S/C22H48NO.C3H6O2/c1-5-7-9-11-13-15-17-19-21-23(3,24-4)22-20-18-16-14-12-10-8-6-2;1-2-3(4)5/h5-22H2,1-4H3;2H2,1H3,(H,4,5)/q+1;/p-1. The molecular formula is C25H53NO3. The Morgan fingerprint density at radius 1 is 0.655 bits per heavy atom. The van der Waals surface area contributed by atoms with Gasteiger partial charge in [-0.3, -0.25) is 0 Å². The van der Waals surface area contributed by atoms with Crippen LogP contribution in [0.15, 0.2) is 0 Å². The van der Waals surface area contributed by atoms with Crippen LogP contribution in [-0.4, -0.2) is 37.9 Å². The Hall–Kier alpha value is -0.610. The number of hydrogen-bond acceptors (Lipinski definition) is 3. The van der Waals surface area contributed by atoms with Crippen LogP contribution in [0.5, 0.6) is 0 Å². The zero-order valence-electron chi connectivity index (χ0n) is 20.6.